The summed E-state index contributed by atoms with van der Waals surface area (Å²) in [5.41, 5.74) is 7.16. The van der Waals surface area contributed by atoms with E-state index in [1.165, 1.54) is 0 Å². The molecule has 0 saturated heterocycles. The minimum absolute atomic E-state index is 0.170. The van der Waals surface area contributed by atoms with Gasteiger partial charge in [0.2, 0.25) is 10.0 Å². The molecule has 1 aromatic carbocycles. The van der Waals surface area contributed by atoms with E-state index in [2.05, 4.69) is 0 Å². The molecule has 0 radical (unpaired) electrons. The molecule has 0 heterocycles. The molecule has 4 nitrogen and oxygen atoms in total. The molecule has 1 aromatic rings. The third-order valence-electron chi connectivity index (χ3n) is 3.22. The van der Waals surface area contributed by atoms with Crippen LogP contribution in [0.5, 0.6) is 0 Å². The standard InChI is InChI=1S/C15H24N2O2S/c1-15(2,3)11-20(18,19)17(14-7-8-14)10-12-5-4-6-13(16)9-12/h4-6,9,14H,7-8,10-11,16H2,1-3H3. The highest BCUT2D eigenvalue weighted by atomic mass is 32.2. The second kappa shape index (κ2) is 5.37. The number of rotatable bonds is 5. The molecule has 0 atom stereocenters. The number of nitrogens with two attached hydrogens (primary N) is 1. The molecule has 0 aromatic heterocycles. The fourth-order valence-electron chi connectivity index (χ4n) is 2.32. The second-order valence-electron chi connectivity index (χ2n) is 6.84. The number of nitrogen functional groups attached to an aromatic ring is 1. The molecule has 0 amide bonds. The smallest absolute Gasteiger partial charge is 0.215 e. The quantitative estimate of drug-likeness (QED) is 0.850. The monoisotopic (exact) mass is 296 g/mol. The molecule has 112 valence electrons. The average Bonchev–Trinajstić information content (AvgIpc) is 3.06. The zero-order chi connectivity index (χ0) is 15.0. The van der Waals surface area contributed by atoms with Crippen LogP contribution < -0.4 is 5.73 Å². The molecule has 1 aliphatic rings. The Labute approximate surface area is 122 Å². The Morgan fingerprint density at radius 1 is 1.30 bits per heavy atom. The Kier molecular flexibility index (Phi) is 4.12. The van der Waals surface area contributed by atoms with Gasteiger partial charge in [-0.3, -0.25) is 0 Å². The van der Waals surface area contributed by atoms with Crippen molar-refractivity contribution in [3.8, 4) is 0 Å². The molecular formula is C15H24N2O2S. The first kappa shape index (κ1) is 15.3. The molecule has 2 N–H and O–H groups in total. The van der Waals surface area contributed by atoms with Gasteiger partial charge in [0.1, 0.15) is 0 Å². The minimum Gasteiger partial charge on any atom is -0.399 e. The maximum atomic E-state index is 12.6. The van der Waals surface area contributed by atoms with Crippen LogP contribution in [0.2, 0.25) is 0 Å². The number of sulfonamides is 1. The van der Waals surface area contributed by atoms with Crippen molar-refractivity contribution >= 4 is 15.7 Å². The van der Waals surface area contributed by atoms with Crippen LogP contribution in [-0.4, -0.2) is 24.5 Å². The lowest BCUT2D eigenvalue weighted by Crippen LogP contribution is -2.38. The number of nitrogens with zero attached hydrogens (tertiary/aromatic N) is 1. The Balaban J connectivity index is 2.19. The van der Waals surface area contributed by atoms with Crippen molar-refractivity contribution in [3.05, 3.63) is 29.8 Å². The summed E-state index contributed by atoms with van der Waals surface area (Å²) in [5.74, 6) is 0.179. The van der Waals surface area contributed by atoms with Crippen molar-refractivity contribution < 1.29 is 8.42 Å². The van der Waals surface area contributed by atoms with E-state index in [-0.39, 0.29) is 17.2 Å². The Morgan fingerprint density at radius 2 is 1.95 bits per heavy atom. The molecule has 0 aliphatic heterocycles. The molecule has 5 heteroatoms. The minimum atomic E-state index is -3.24. The average molecular weight is 296 g/mol. The Hall–Kier alpha value is -1.07. The van der Waals surface area contributed by atoms with E-state index in [9.17, 15) is 8.42 Å². The van der Waals surface area contributed by atoms with Crippen LogP contribution in [0.3, 0.4) is 0 Å². The van der Waals surface area contributed by atoms with Gasteiger partial charge in [0, 0.05) is 18.3 Å². The van der Waals surface area contributed by atoms with Gasteiger partial charge in [0.25, 0.3) is 0 Å². The SMILES string of the molecule is CC(C)(C)CS(=O)(=O)N(Cc1cccc(N)c1)C1CC1. The fraction of sp³-hybridized carbons (Fsp3) is 0.600. The van der Waals surface area contributed by atoms with Gasteiger partial charge in [-0.15, -0.1) is 0 Å². The van der Waals surface area contributed by atoms with Crippen molar-refractivity contribution in [2.24, 2.45) is 5.41 Å². The zero-order valence-electron chi connectivity index (χ0n) is 12.5. The second-order valence-corrected chi connectivity index (χ2v) is 8.76. The summed E-state index contributed by atoms with van der Waals surface area (Å²) in [6, 6.07) is 7.63. The predicted octanol–water partition coefficient (Wildman–Crippen LogP) is 2.61. The summed E-state index contributed by atoms with van der Waals surface area (Å²) in [4.78, 5) is 0. The molecule has 0 bridgehead atoms. The molecule has 1 fully saturated rings. The molecule has 2 rings (SSSR count). The van der Waals surface area contributed by atoms with Crippen LogP contribution in [-0.2, 0) is 16.6 Å². The highest BCUT2D eigenvalue weighted by Crippen LogP contribution is 2.33. The summed E-state index contributed by atoms with van der Waals surface area (Å²) in [7, 11) is -3.24. The summed E-state index contributed by atoms with van der Waals surface area (Å²) >= 11 is 0. The van der Waals surface area contributed by atoms with Crippen LogP contribution in [0.25, 0.3) is 0 Å². The molecular weight excluding hydrogens is 272 g/mol. The highest BCUT2D eigenvalue weighted by Gasteiger charge is 2.38. The molecule has 0 spiro atoms. The van der Waals surface area contributed by atoms with Gasteiger partial charge in [-0.05, 0) is 36.0 Å². The maximum Gasteiger partial charge on any atom is 0.215 e. The Bertz CT molecular complexity index is 572. The normalized spacial score (nSPS) is 16.6. The summed E-state index contributed by atoms with van der Waals surface area (Å²) < 4.78 is 26.9. The van der Waals surface area contributed by atoms with E-state index >= 15 is 0 Å². The van der Waals surface area contributed by atoms with E-state index in [1.807, 2.05) is 45.0 Å². The maximum absolute atomic E-state index is 12.6. The number of hydrogen-bond acceptors (Lipinski definition) is 3. The summed E-state index contributed by atoms with van der Waals surface area (Å²) in [5, 5.41) is 0. The van der Waals surface area contributed by atoms with Crippen LogP contribution in [0.15, 0.2) is 24.3 Å². The molecule has 20 heavy (non-hydrogen) atoms. The first-order chi connectivity index (χ1) is 9.17. The Morgan fingerprint density at radius 3 is 2.45 bits per heavy atom. The van der Waals surface area contributed by atoms with E-state index in [0.717, 1.165) is 18.4 Å². The van der Waals surface area contributed by atoms with Crippen LogP contribution in [0, 0.1) is 5.41 Å². The summed E-state index contributed by atoms with van der Waals surface area (Å²) in [6.45, 7) is 6.29. The van der Waals surface area contributed by atoms with Gasteiger partial charge in [0.15, 0.2) is 0 Å². The van der Waals surface area contributed by atoms with Gasteiger partial charge in [-0.1, -0.05) is 32.9 Å². The third-order valence-corrected chi connectivity index (χ3v) is 5.59. The van der Waals surface area contributed by atoms with Crippen molar-refractivity contribution in [2.45, 2.75) is 46.2 Å². The molecule has 0 unspecified atom stereocenters. The summed E-state index contributed by atoms with van der Waals surface area (Å²) in [6.07, 6.45) is 1.93. The van der Waals surface area contributed by atoms with Crippen molar-refractivity contribution in [2.75, 3.05) is 11.5 Å². The van der Waals surface area contributed by atoms with Gasteiger partial charge >= 0.3 is 0 Å². The van der Waals surface area contributed by atoms with Gasteiger partial charge in [0.05, 0.1) is 5.75 Å². The van der Waals surface area contributed by atoms with Crippen molar-refractivity contribution in [1.82, 2.24) is 4.31 Å². The lowest BCUT2D eigenvalue weighted by atomic mass is 10.0. The van der Waals surface area contributed by atoms with E-state index < -0.39 is 10.0 Å². The fourth-order valence-corrected chi connectivity index (χ4v) is 4.59. The highest BCUT2D eigenvalue weighted by molar-refractivity contribution is 7.89. The van der Waals surface area contributed by atoms with Gasteiger partial charge < -0.3 is 5.73 Å². The number of benzene rings is 1. The first-order valence-corrected chi connectivity index (χ1v) is 8.62. The third kappa shape index (κ3) is 4.21. The van der Waals surface area contributed by atoms with E-state index in [4.69, 9.17) is 5.73 Å². The van der Waals surface area contributed by atoms with Crippen LogP contribution in [0.4, 0.5) is 5.69 Å². The number of hydrogen-bond donors (Lipinski definition) is 1. The number of anilines is 1. The van der Waals surface area contributed by atoms with Crippen LogP contribution in [0.1, 0.15) is 39.2 Å². The zero-order valence-corrected chi connectivity index (χ0v) is 13.3. The molecule has 1 aliphatic carbocycles. The van der Waals surface area contributed by atoms with Crippen molar-refractivity contribution in [1.29, 1.82) is 0 Å². The molecule has 1 saturated carbocycles. The largest absolute Gasteiger partial charge is 0.399 e. The van der Waals surface area contributed by atoms with E-state index in [1.54, 1.807) is 4.31 Å². The lowest BCUT2D eigenvalue weighted by molar-refractivity contribution is 0.378. The topological polar surface area (TPSA) is 63.4 Å². The van der Waals surface area contributed by atoms with Crippen LogP contribution >= 0.6 is 0 Å². The van der Waals surface area contributed by atoms with Crippen molar-refractivity contribution in [3.63, 3.8) is 0 Å². The van der Waals surface area contributed by atoms with E-state index in [0.29, 0.717) is 12.2 Å². The predicted molar refractivity (Wildman–Crippen MR) is 82.7 cm³/mol. The lowest BCUT2D eigenvalue weighted by Gasteiger charge is -2.27. The first-order valence-electron chi connectivity index (χ1n) is 7.01. The van der Waals surface area contributed by atoms with Gasteiger partial charge in [-0.2, -0.15) is 4.31 Å². The van der Waals surface area contributed by atoms with Gasteiger partial charge in [-0.25, -0.2) is 8.42 Å².